The third kappa shape index (κ3) is 6.97. The molecule has 2 aromatic rings. The average Bonchev–Trinajstić information content (AvgIpc) is 2.62. The van der Waals surface area contributed by atoms with Crippen LogP contribution in [-0.4, -0.2) is 39.3 Å². The molecule has 146 valence electrons. The fourth-order valence-corrected chi connectivity index (χ4v) is 4.11. The molecule has 0 spiro atoms. The SMILES string of the molecule is CS(=O)(=O)Nc1cccc(CN2CCCC(COCc3ccccc3)C2)c1. The number of anilines is 1. The summed E-state index contributed by atoms with van der Waals surface area (Å²) in [5.74, 6) is 0.541. The molecule has 1 fully saturated rings. The number of nitrogens with one attached hydrogen (secondary N) is 1. The molecule has 3 rings (SSSR count). The molecule has 0 aliphatic carbocycles. The van der Waals surface area contributed by atoms with Crippen LogP contribution >= 0.6 is 0 Å². The van der Waals surface area contributed by atoms with Crippen molar-refractivity contribution in [1.82, 2.24) is 4.90 Å². The van der Waals surface area contributed by atoms with Crippen molar-refractivity contribution in [1.29, 1.82) is 0 Å². The van der Waals surface area contributed by atoms with Crippen molar-refractivity contribution in [3.63, 3.8) is 0 Å². The molecule has 1 atom stereocenters. The molecule has 6 heteroatoms. The fraction of sp³-hybridized carbons (Fsp3) is 0.429. The number of benzene rings is 2. The minimum Gasteiger partial charge on any atom is -0.376 e. The first-order valence-electron chi connectivity index (χ1n) is 9.39. The number of likely N-dealkylation sites (tertiary alicyclic amines) is 1. The Balaban J connectivity index is 1.49. The minimum atomic E-state index is -3.25. The van der Waals surface area contributed by atoms with Gasteiger partial charge in [0.25, 0.3) is 0 Å². The van der Waals surface area contributed by atoms with Crippen LogP contribution in [0.3, 0.4) is 0 Å². The first-order valence-corrected chi connectivity index (χ1v) is 11.3. The predicted octanol–water partition coefficient (Wildman–Crippen LogP) is 3.49. The number of sulfonamides is 1. The Labute approximate surface area is 162 Å². The van der Waals surface area contributed by atoms with E-state index in [0.717, 1.165) is 31.8 Å². The van der Waals surface area contributed by atoms with E-state index in [1.165, 1.54) is 24.7 Å². The molecule has 5 nitrogen and oxygen atoms in total. The maximum Gasteiger partial charge on any atom is 0.229 e. The summed E-state index contributed by atoms with van der Waals surface area (Å²) in [5.41, 5.74) is 2.95. The number of nitrogens with zero attached hydrogens (tertiary/aromatic N) is 1. The van der Waals surface area contributed by atoms with Crippen molar-refractivity contribution in [3.8, 4) is 0 Å². The zero-order valence-corrected chi connectivity index (χ0v) is 16.6. The van der Waals surface area contributed by atoms with Gasteiger partial charge < -0.3 is 4.74 Å². The van der Waals surface area contributed by atoms with E-state index >= 15 is 0 Å². The third-order valence-corrected chi connectivity index (χ3v) is 5.31. The molecule has 1 unspecified atom stereocenters. The van der Waals surface area contributed by atoms with Crippen LogP contribution < -0.4 is 4.72 Å². The van der Waals surface area contributed by atoms with Gasteiger partial charge in [0.15, 0.2) is 0 Å². The van der Waals surface area contributed by atoms with Gasteiger partial charge in [-0.25, -0.2) is 8.42 Å². The van der Waals surface area contributed by atoms with Crippen LogP contribution in [0.1, 0.15) is 24.0 Å². The van der Waals surface area contributed by atoms with Gasteiger partial charge in [-0.3, -0.25) is 9.62 Å². The summed E-state index contributed by atoms with van der Waals surface area (Å²) in [6, 6.07) is 17.9. The highest BCUT2D eigenvalue weighted by atomic mass is 32.2. The molecule has 27 heavy (non-hydrogen) atoms. The van der Waals surface area contributed by atoms with Gasteiger partial charge in [-0.1, -0.05) is 42.5 Å². The van der Waals surface area contributed by atoms with E-state index in [0.29, 0.717) is 18.2 Å². The number of hydrogen-bond acceptors (Lipinski definition) is 4. The Morgan fingerprint density at radius 3 is 2.67 bits per heavy atom. The summed E-state index contributed by atoms with van der Waals surface area (Å²) in [7, 11) is -3.25. The molecular weight excluding hydrogens is 360 g/mol. The van der Waals surface area contributed by atoms with Crippen molar-refractivity contribution >= 4 is 15.7 Å². The van der Waals surface area contributed by atoms with Crippen molar-refractivity contribution in [2.24, 2.45) is 5.92 Å². The fourth-order valence-electron chi connectivity index (χ4n) is 3.55. The van der Waals surface area contributed by atoms with Gasteiger partial charge in [0, 0.05) is 18.8 Å². The highest BCUT2D eigenvalue weighted by Gasteiger charge is 2.20. The normalized spacial score (nSPS) is 18.3. The molecule has 1 aliphatic heterocycles. The van der Waals surface area contributed by atoms with E-state index in [-0.39, 0.29) is 0 Å². The highest BCUT2D eigenvalue weighted by Crippen LogP contribution is 2.21. The van der Waals surface area contributed by atoms with Crippen LogP contribution in [0.5, 0.6) is 0 Å². The molecule has 1 N–H and O–H groups in total. The van der Waals surface area contributed by atoms with Crippen molar-refractivity contribution in [2.45, 2.75) is 26.0 Å². The van der Waals surface area contributed by atoms with Gasteiger partial charge in [-0.2, -0.15) is 0 Å². The summed E-state index contributed by atoms with van der Waals surface area (Å²) in [4.78, 5) is 2.43. The molecule has 2 aromatic carbocycles. The molecule has 0 saturated carbocycles. The smallest absolute Gasteiger partial charge is 0.229 e. The second-order valence-electron chi connectivity index (χ2n) is 7.32. The van der Waals surface area contributed by atoms with E-state index in [2.05, 4.69) is 21.8 Å². The quantitative estimate of drug-likeness (QED) is 0.752. The second-order valence-corrected chi connectivity index (χ2v) is 9.07. The number of piperidine rings is 1. The largest absolute Gasteiger partial charge is 0.376 e. The van der Waals surface area contributed by atoms with Gasteiger partial charge in [0.1, 0.15) is 0 Å². The Hall–Kier alpha value is -1.89. The Morgan fingerprint density at radius 1 is 1.11 bits per heavy atom. The van der Waals surface area contributed by atoms with Crippen LogP contribution in [0, 0.1) is 5.92 Å². The summed E-state index contributed by atoms with van der Waals surface area (Å²) >= 11 is 0. The van der Waals surface area contributed by atoms with Gasteiger partial charge in [0.2, 0.25) is 10.0 Å². The molecule has 0 amide bonds. The summed E-state index contributed by atoms with van der Waals surface area (Å²) in [6.07, 6.45) is 3.53. The Morgan fingerprint density at radius 2 is 1.89 bits per heavy atom. The minimum absolute atomic E-state index is 0.541. The Bertz CT molecular complexity index is 824. The standard InChI is InChI=1S/C21H28N2O3S/c1-27(24,25)22-21-11-5-9-19(13-21)14-23-12-6-10-20(15-23)17-26-16-18-7-3-2-4-8-18/h2-5,7-9,11,13,20,22H,6,10,12,14-17H2,1H3. The molecular formula is C21H28N2O3S. The van der Waals surface area contributed by atoms with Crippen LogP contribution in [-0.2, 0) is 27.9 Å². The highest BCUT2D eigenvalue weighted by molar-refractivity contribution is 7.92. The van der Waals surface area contributed by atoms with E-state index in [1.807, 2.05) is 36.4 Å². The summed E-state index contributed by atoms with van der Waals surface area (Å²) in [6.45, 7) is 4.35. The van der Waals surface area contributed by atoms with Crippen molar-refractivity contribution in [2.75, 3.05) is 30.7 Å². The predicted molar refractivity (Wildman–Crippen MR) is 109 cm³/mol. The van der Waals surface area contributed by atoms with Gasteiger partial charge in [-0.05, 0) is 48.6 Å². The number of rotatable bonds is 8. The van der Waals surface area contributed by atoms with Crippen LogP contribution in [0.4, 0.5) is 5.69 Å². The van der Waals surface area contributed by atoms with E-state index in [9.17, 15) is 8.42 Å². The molecule has 1 aliphatic rings. The molecule has 0 aromatic heterocycles. The first kappa shape index (κ1) is 19.9. The second kappa shape index (κ2) is 9.35. The van der Waals surface area contributed by atoms with Crippen molar-refractivity contribution < 1.29 is 13.2 Å². The first-order chi connectivity index (χ1) is 13.0. The van der Waals surface area contributed by atoms with Gasteiger partial charge in [-0.15, -0.1) is 0 Å². The Kier molecular flexibility index (Phi) is 6.88. The maximum atomic E-state index is 11.4. The number of ether oxygens (including phenoxy) is 1. The topological polar surface area (TPSA) is 58.6 Å². The summed E-state index contributed by atoms with van der Waals surface area (Å²) in [5, 5.41) is 0. The van der Waals surface area contributed by atoms with Gasteiger partial charge >= 0.3 is 0 Å². The lowest BCUT2D eigenvalue weighted by molar-refractivity contribution is 0.0497. The van der Waals surface area contributed by atoms with E-state index in [4.69, 9.17) is 4.74 Å². The zero-order chi connectivity index (χ0) is 19.1. The van der Waals surface area contributed by atoms with Crippen molar-refractivity contribution in [3.05, 3.63) is 65.7 Å². The van der Waals surface area contributed by atoms with E-state index < -0.39 is 10.0 Å². The monoisotopic (exact) mass is 388 g/mol. The zero-order valence-electron chi connectivity index (χ0n) is 15.8. The molecule has 1 saturated heterocycles. The average molecular weight is 389 g/mol. The maximum absolute atomic E-state index is 11.4. The lowest BCUT2D eigenvalue weighted by Crippen LogP contribution is -2.36. The lowest BCUT2D eigenvalue weighted by atomic mass is 9.98. The lowest BCUT2D eigenvalue weighted by Gasteiger charge is -2.32. The third-order valence-electron chi connectivity index (χ3n) is 4.70. The molecule has 1 heterocycles. The number of hydrogen-bond donors (Lipinski definition) is 1. The van der Waals surface area contributed by atoms with Crippen LogP contribution in [0.15, 0.2) is 54.6 Å². The molecule has 0 bridgehead atoms. The van der Waals surface area contributed by atoms with E-state index in [1.54, 1.807) is 6.07 Å². The van der Waals surface area contributed by atoms with Gasteiger partial charge in [0.05, 0.1) is 19.5 Å². The summed E-state index contributed by atoms with van der Waals surface area (Å²) < 4.78 is 31.3. The van der Waals surface area contributed by atoms with Crippen LogP contribution in [0.25, 0.3) is 0 Å². The molecule has 0 radical (unpaired) electrons. The van der Waals surface area contributed by atoms with Crippen LogP contribution in [0.2, 0.25) is 0 Å².